The number of ether oxygens (including phenoxy) is 1. The van der Waals surface area contributed by atoms with Gasteiger partial charge in [-0.2, -0.15) is 0 Å². The zero-order valence-electron chi connectivity index (χ0n) is 12.5. The number of hydrogen-bond acceptors (Lipinski definition) is 4. The fraction of sp³-hybridized carbons (Fsp3) is 0. The van der Waals surface area contributed by atoms with Gasteiger partial charge >= 0.3 is 5.97 Å². The molecule has 0 saturated carbocycles. The van der Waals surface area contributed by atoms with Crippen LogP contribution in [-0.2, 0) is 0 Å². The number of hydrogen-bond donors (Lipinski definition) is 1. The molecule has 1 N–H and O–H groups in total. The second-order valence-electron chi connectivity index (χ2n) is 4.94. The van der Waals surface area contributed by atoms with E-state index >= 15 is 0 Å². The Labute approximate surface area is 152 Å². The molecule has 0 unspecified atom stereocenters. The van der Waals surface area contributed by atoms with Crippen molar-refractivity contribution in [1.29, 1.82) is 0 Å². The fourth-order valence-corrected chi connectivity index (χ4v) is 3.32. The number of rotatable bonds is 4. The van der Waals surface area contributed by atoms with Crippen molar-refractivity contribution in [2.45, 2.75) is 9.79 Å². The molecule has 120 valence electrons. The summed E-state index contributed by atoms with van der Waals surface area (Å²) in [6, 6.07) is 21.3. The van der Waals surface area contributed by atoms with Crippen LogP contribution in [-0.4, -0.2) is 11.1 Å². The summed E-state index contributed by atoms with van der Waals surface area (Å²) in [6.45, 7) is 0. The molecular formula is C19H13BrO3S. The standard InChI is InChI=1S/C19H13BrO3S/c20-13-6-11-18(24-16-9-7-14(21)8-10-16)17(12-13)19(22)23-15-4-2-1-3-5-15/h1-12,21H. The zero-order chi connectivity index (χ0) is 16.9. The average Bonchev–Trinajstić information content (AvgIpc) is 2.59. The first-order valence-corrected chi connectivity index (χ1v) is 8.76. The summed E-state index contributed by atoms with van der Waals surface area (Å²) in [5.74, 6) is 0.297. The summed E-state index contributed by atoms with van der Waals surface area (Å²) in [5, 5.41) is 9.38. The van der Waals surface area contributed by atoms with Crippen LogP contribution in [0, 0.1) is 0 Å². The quantitative estimate of drug-likeness (QED) is 0.462. The van der Waals surface area contributed by atoms with E-state index in [9.17, 15) is 9.90 Å². The molecule has 0 bridgehead atoms. The normalized spacial score (nSPS) is 10.4. The first kappa shape index (κ1) is 16.6. The third-order valence-corrected chi connectivity index (χ3v) is 4.76. The van der Waals surface area contributed by atoms with E-state index in [0.717, 1.165) is 14.3 Å². The minimum Gasteiger partial charge on any atom is -0.508 e. The molecule has 3 nitrogen and oxygen atoms in total. The number of phenols is 1. The Morgan fingerprint density at radius 2 is 1.67 bits per heavy atom. The van der Waals surface area contributed by atoms with Gasteiger partial charge in [-0.3, -0.25) is 0 Å². The summed E-state index contributed by atoms with van der Waals surface area (Å²) in [4.78, 5) is 14.2. The van der Waals surface area contributed by atoms with E-state index in [2.05, 4.69) is 15.9 Å². The Kier molecular flexibility index (Phi) is 5.23. The second-order valence-corrected chi connectivity index (χ2v) is 6.97. The predicted octanol–water partition coefficient (Wildman–Crippen LogP) is 5.53. The molecule has 0 aromatic heterocycles. The monoisotopic (exact) mass is 400 g/mol. The zero-order valence-corrected chi connectivity index (χ0v) is 14.9. The molecule has 0 radical (unpaired) electrons. The maximum atomic E-state index is 12.5. The van der Waals surface area contributed by atoms with Gasteiger partial charge < -0.3 is 9.84 Å². The van der Waals surface area contributed by atoms with Crippen molar-refractivity contribution in [2.75, 3.05) is 0 Å². The van der Waals surface area contributed by atoms with Gasteiger partial charge in [0.2, 0.25) is 0 Å². The van der Waals surface area contributed by atoms with E-state index in [-0.39, 0.29) is 5.75 Å². The van der Waals surface area contributed by atoms with E-state index in [1.165, 1.54) is 11.8 Å². The number of carbonyl (C=O) groups is 1. The van der Waals surface area contributed by atoms with Crippen LogP contribution in [0.2, 0.25) is 0 Å². The molecule has 0 amide bonds. The number of aromatic hydroxyl groups is 1. The van der Waals surface area contributed by atoms with E-state index in [4.69, 9.17) is 4.74 Å². The molecule has 3 aromatic carbocycles. The van der Waals surface area contributed by atoms with Gasteiger partial charge in [0.05, 0.1) is 5.56 Å². The second kappa shape index (κ2) is 7.55. The molecule has 0 aliphatic rings. The van der Waals surface area contributed by atoms with Crippen LogP contribution in [0.25, 0.3) is 0 Å². The van der Waals surface area contributed by atoms with Crippen LogP contribution < -0.4 is 4.74 Å². The predicted molar refractivity (Wildman–Crippen MR) is 97.8 cm³/mol. The smallest absolute Gasteiger partial charge is 0.344 e. The molecule has 0 saturated heterocycles. The maximum absolute atomic E-state index is 12.5. The molecule has 5 heteroatoms. The van der Waals surface area contributed by atoms with Gasteiger partial charge in [-0.25, -0.2) is 4.79 Å². The fourth-order valence-electron chi connectivity index (χ4n) is 2.04. The average molecular weight is 401 g/mol. The van der Waals surface area contributed by atoms with Crippen LogP contribution in [0.15, 0.2) is 87.1 Å². The number of para-hydroxylation sites is 1. The van der Waals surface area contributed by atoms with Crippen LogP contribution in [0.3, 0.4) is 0 Å². The van der Waals surface area contributed by atoms with E-state index in [1.807, 2.05) is 30.3 Å². The highest BCUT2D eigenvalue weighted by Gasteiger charge is 2.15. The van der Waals surface area contributed by atoms with Crippen LogP contribution in [0.4, 0.5) is 0 Å². The third-order valence-electron chi connectivity index (χ3n) is 3.18. The van der Waals surface area contributed by atoms with Crippen molar-refractivity contribution in [3.8, 4) is 11.5 Å². The molecule has 0 spiro atoms. The van der Waals surface area contributed by atoms with E-state index in [1.54, 1.807) is 42.5 Å². The van der Waals surface area contributed by atoms with Gasteiger partial charge in [0.15, 0.2) is 0 Å². The lowest BCUT2D eigenvalue weighted by atomic mass is 10.2. The van der Waals surface area contributed by atoms with Gasteiger partial charge in [0.25, 0.3) is 0 Å². The molecule has 3 rings (SSSR count). The van der Waals surface area contributed by atoms with Crippen molar-refractivity contribution in [2.24, 2.45) is 0 Å². The SMILES string of the molecule is O=C(Oc1ccccc1)c1cc(Br)ccc1Sc1ccc(O)cc1. The molecule has 3 aromatic rings. The Balaban J connectivity index is 1.87. The van der Waals surface area contributed by atoms with Gasteiger partial charge in [-0.05, 0) is 54.6 Å². The van der Waals surface area contributed by atoms with Crippen molar-refractivity contribution >= 4 is 33.7 Å². The van der Waals surface area contributed by atoms with Crippen LogP contribution in [0.5, 0.6) is 11.5 Å². The number of carbonyl (C=O) groups excluding carboxylic acids is 1. The van der Waals surface area contributed by atoms with E-state index < -0.39 is 5.97 Å². The van der Waals surface area contributed by atoms with Gasteiger partial charge in [-0.1, -0.05) is 45.9 Å². The summed E-state index contributed by atoms with van der Waals surface area (Å²) >= 11 is 4.83. The lowest BCUT2D eigenvalue weighted by molar-refractivity contribution is 0.0731. The van der Waals surface area contributed by atoms with Crippen LogP contribution in [0.1, 0.15) is 10.4 Å². The first-order valence-electron chi connectivity index (χ1n) is 7.15. The number of esters is 1. The molecular weight excluding hydrogens is 388 g/mol. The van der Waals surface area contributed by atoms with Crippen molar-refractivity contribution < 1.29 is 14.6 Å². The van der Waals surface area contributed by atoms with Gasteiger partial charge in [0, 0.05) is 14.3 Å². The highest BCUT2D eigenvalue weighted by atomic mass is 79.9. The molecule has 0 fully saturated rings. The van der Waals surface area contributed by atoms with Gasteiger partial charge in [-0.15, -0.1) is 0 Å². The number of halogens is 1. The van der Waals surface area contributed by atoms with E-state index in [0.29, 0.717) is 11.3 Å². The highest BCUT2D eigenvalue weighted by Crippen LogP contribution is 2.33. The highest BCUT2D eigenvalue weighted by molar-refractivity contribution is 9.10. The van der Waals surface area contributed by atoms with Gasteiger partial charge in [0.1, 0.15) is 11.5 Å². The lowest BCUT2D eigenvalue weighted by Crippen LogP contribution is -2.09. The van der Waals surface area contributed by atoms with Crippen molar-refractivity contribution in [1.82, 2.24) is 0 Å². The molecule has 24 heavy (non-hydrogen) atoms. The Hall–Kier alpha value is -2.24. The van der Waals surface area contributed by atoms with Crippen molar-refractivity contribution in [3.05, 3.63) is 82.8 Å². The van der Waals surface area contributed by atoms with Crippen molar-refractivity contribution in [3.63, 3.8) is 0 Å². The summed E-state index contributed by atoms with van der Waals surface area (Å²) in [6.07, 6.45) is 0. The third kappa shape index (κ3) is 4.19. The Morgan fingerprint density at radius 1 is 0.958 bits per heavy atom. The molecule has 0 aliphatic heterocycles. The number of benzene rings is 3. The minimum atomic E-state index is -0.413. The molecule has 0 heterocycles. The molecule has 0 atom stereocenters. The summed E-state index contributed by atoms with van der Waals surface area (Å²) in [7, 11) is 0. The number of phenolic OH excluding ortho intramolecular Hbond substituents is 1. The lowest BCUT2D eigenvalue weighted by Gasteiger charge is -2.10. The minimum absolute atomic E-state index is 0.207. The summed E-state index contributed by atoms with van der Waals surface area (Å²) < 4.78 is 6.24. The summed E-state index contributed by atoms with van der Waals surface area (Å²) in [5.41, 5.74) is 0.478. The first-order chi connectivity index (χ1) is 11.6. The largest absolute Gasteiger partial charge is 0.508 e. The maximum Gasteiger partial charge on any atom is 0.344 e. The van der Waals surface area contributed by atoms with Crippen LogP contribution >= 0.6 is 27.7 Å². The topological polar surface area (TPSA) is 46.5 Å². The Morgan fingerprint density at radius 3 is 2.38 bits per heavy atom. The Bertz CT molecular complexity index is 848. The molecule has 0 aliphatic carbocycles.